The lowest BCUT2D eigenvalue weighted by molar-refractivity contribution is -0.164. The zero-order valence-electron chi connectivity index (χ0n) is 45.1. The molecule has 8 rings (SSSR count). The smallest absolute Gasteiger partial charge is 0.253 e. The minimum Gasteiger partial charge on any atom is -0.489 e. The van der Waals surface area contributed by atoms with Crippen LogP contribution in [0.4, 0.5) is 5.82 Å². The van der Waals surface area contributed by atoms with Gasteiger partial charge < -0.3 is 40.7 Å². The van der Waals surface area contributed by atoms with Crippen LogP contribution in [0, 0.1) is 40.4 Å². The number of pyridine rings is 1. The van der Waals surface area contributed by atoms with Crippen molar-refractivity contribution in [3.63, 3.8) is 0 Å². The molecule has 16 nitrogen and oxygen atoms in total. The van der Waals surface area contributed by atoms with Crippen molar-refractivity contribution in [2.24, 2.45) is 22.2 Å². The molecule has 0 radical (unpaired) electrons. The third kappa shape index (κ3) is 12.8. The van der Waals surface area contributed by atoms with E-state index in [0.717, 1.165) is 92.6 Å². The Morgan fingerprint density at radius 2 is 1.63 bits per heavy atom. The van der Waals surface area contributed by atoms with E-state index < -0.39 is 29.8 Å². The van der Waals surface area contributed by atoms with Gasteiger partial charge in [-0.3, -0.25) is 24.2 Å². The molecule has 5 atom stereocenters. The molecule has 2 aromatic heterocycles. The number of nitrogens with zero attached hydrogens (tertiary/aromatic N) is 7. The van der Waals surface area contributed by atoms with Crippen LogP contribution in [-0.2, 0) is 9.59 Å². The second-order valence-corrected chi connectivity index (χ2v) is 24.9. The van der Waals surface area contributed by atoms with Crippen molar-refractivity contribution < 1.29 is 29.3 Å². The molecule has 5 heterocycles. The molecule has 404 valence electrons. The molecule has 3 aliphatic heterocycles. The van der Waals surface area contributed by atoms with Crippen LogP contribution in [0.1, 0.15) is 114 Å². The average Bonchev–Trinajstić information content (AvgIpc) is 4.00. The van der Waals surface area contributed by atoms with E-state index in [1.165, 1.54) is 0 Å². The van der Waals surface area contributed by atoms with Crippen molar-refractivity contribution in [1.82, 2.24) is 40.6 Å². The SMILES string of the molecule is Cc1ncsc1-c1ccc([C@H](C)NC(=O)[C@@H]2C[C@@H](O)CN2C(O)[C@@H](NC(=O)CN2CCN(CCC3CCN(c4ccc(C(=O)NC5C(C)(C)C(Oc6ccc(C#N)c(Cl)c6)C5(C)C)cn4)CC3)CC2)C(C)(C)C)cc1. The number of halogens is 1. The Morgan fingerprint density at radius 3 is 2.23 bits per heavy atom. The van der Waals surface area contributed by atoms with Gasteiger partial charge in [0, 0.05) is 74.9 Å². The highest BCUT2D eigenvalue weighted by molar-refractivity contribution is 7.13. The highest BCUT2D eigenvalue weighted by Gasteiger charge is 2.64. The summed E-state index contributed by atoms with van der Waals surface area (Å²) in [6.07, 6.45) is 2.91. The molecular weight excluding hydrogens is 988 g/mol. The van der Waals surface area contributed by atoms with Gasteiger partial charge in [-0.1, -0.05) is 84.3 Å². The molecule has 4 aromatic rings. The number of aryl methyl sites for hydroxylation is 1. The molecule has 4 aliphatic rings. The Morgan fingerprint density at radius 1 is 0.947 bits per heavy atom. The summed E-state index contributed by atoms with van der Waals surface area (Å²) in [5, 5.41) is 41.8. The second kappa shape index (κ2) is 23.2. The zero-order valence-corrected chi connectivity index (χ0v) is 46.7. The number of ether oxygens (including phenoxy) is 1. The number of thiazole rings is 1. The van der Waals surface area contributed by atoms with Gasteiger partial charge in [0.25, 0.3) is 5.91 Å². The fourth-order valence-electron chi connectivity index (χ4n) is 12.1. The molecule has 4 fully saturated rings. The molecule has 1 aliphatic carbocycles. The van der Waals surface area contributed by atoms with E-state index in [4.69, 9.17) is 21.3 Å². The fourth-order valence-corrected chi connectivity index (χ4v) is 13.2. The maximum atomic E-state index is 13.8. The number of rotatable bonds is 17. The summed E-state index contributed by atoms with van der Waals surface area (Å²) in [5.74, 6) is 1.45. The first-order valence-corrected chi connectivity index (χ1v) is 27.8. The average molecular weight is 1070 g/mol. The Labute approximate surface area is 452 Å². The number of β-amino-alcohol motifs (C(OH)–C–C–N with tert-alkyl or cyclic N) is 1. The van der Waals surface area contributed by atoms with Gasteiger partial charge in [-0.05, 0) is 92.8 Å². The van der Waals surface area contributed by atoms with Gasteiger partial charge in [0.05, 0.1) is 63.0 Å². The van der Waals surface area contributed by atoms with Crippen LogP contribution in [0.25, 0.3) is 10.4 Å². The van der Waals surface area contributed by atoms with Crippen molar-refractivity contribution >= 4 is 46.5 Å². The third-order valence-electron chi connectivity index (χ3n) is 16.3. The minimum atomic E-state index is -1.20. The predicted octanol–water partition coefficient (Wildman–Crippen LogP) is 7.04. The number of hydrogen-bond donors (Lipinski definition) is 5. The zero-order chi connectivity index (χ0) is 54.0. The standard InChI is InChI=1S/C57H77ClN10O6S/c1-35(38-10-12-39(13-11-38)48-36(2)61-34-75-48)62-51(72)45-28-42(69)32-68(45)52(73)49(55(3,4)5)63-47(70)33-66-26-24-65(25-27-66)21-18-37-19-22-67(23-20-37)46-17-15-41(31-60-46)50(71)64-53-56(6,7)54(57(53,8)9)74-43-16-14-40(30-59)44(58)29-43/h10-17,29,31,34-35,37,42,45,49,52-54,69,73H,18-28,32-33H2,1-9H3,(H,62,72)(H,63,70)(H,64,71)/t35-,42+,45-,49+,52?,53?,54?/m0/s1. The van der Waals surface area contributed by atoms with E-state index in [1.54, 1.807) is 40.6 Å². The van der Waals surface area contributed by atoms with E-state index in [9.17, 15) is 29.9 Å². The molecule has 1 unspecified atom stereocenters. The number of piperidine rings is 1. The number of piperazine rings is 1. The minimum absolute atomic E-state index is 0.117. The van der Waals surface area contributed by atoms with Gasteiger partial charge >= 0.3 is 0 Å². The lowest BCUT2D eigenvalue weighted by Crippen LogP contribution is -2.74. The normalized spacial score (nSPS) is 23.6. The predicted molar refractivity (Wildman–Crippen MR) is 293 cm³/mol. The van der Waals surface area contributed by atoms with Crippen LogP contribution in [-0.4, -0.2) is 148 Å². The molecule has 18 heteroatoms. The maximum absolute atomic E-state index is 13.8. The molecule has 75 heavy (non-hydrogen) atoms. The van der Waals surface area contributed by atoms with Gasteiger partial charge in [0.15, 0.2) is 0 Å². The first-order valence-electron chi connectivity index (χ1n) is 26.6. The maximum Gasteiger partial charge on any atom is 0.253 e. The highest BCUT2D eigenvalue weighted by Crippen LogP contribution is 2.55. The lowest BCUT2D eigenvalue weighted by Gasteiger charge is -2.63. The summed E-state index contributed by atoms with van der Waals surface area (Å²) in [5.41, 5.74) is 4.43. The molecule has 5 N–H and O–H groups in total. The Bertz CT molecular complexity index is 2660. The van der Waals surface area contributed by atoms with Crippen LogP contribution in [0.15, 0.2) is 66.3 Å². The summed E-state index contributed by atoms with van der Waals surface area (Å²) in [7, 11) is 0. The molecule has 2 aromatic carbocycles. The number of aliphatic hydroxyl groups excluding tert-OH is 2. The van der Waals surface area contributed by atoms with Crippen molar-refractivity contribution in [2.75, 3.05) is 63.8 Å². The van der Waals surface area contributed by atoms with Gasteiger partial charge in [0.2, 0.25) is 11.8 Å². The van der Waals surface area contributed by atoms with Gasteiger partial charge in [-0.15, -0.1) is 11.3 Å². The molecular formula is C57H77ClN10O6S. The van der Waals surface area contributed by atoms with Gasteiger partial charge in [-0.2, -0.15) is 5.26 Å². The van der Waals surface area contributed by atoms with E-state index in [1.807, 2.05) is 76.5 Å². The summed E-state index contributed by atoms with van der Waals surface area (Å²) in [4.78, 5) is 59.8. The van der Waals surface area contributed by atoms with Crippen LogP contribution >= 0.6 is 22.9 Å². The van der Waals surface area contributed by atoms with Crippen molar-refractivity contribution in [3.8, 4) is 22.3 Å². The monoisotopic (exact) mass is 1060 g/mol. The Balaban J connectivity index is 0.742. The largest absolute Gasteiger partial charge is 0.489 e. The van der Waals surface area contributed by atoms with E-state index >= 15 is 0 Å². The second-order valence-electron chi connectivity index (χ2n) is 23.6. The highest BCUT2D eigenvalue weighted by atomic mass is 35.5. The number of hydrogen-bond acceptors (Lipinski definition) is 14. The number of amides is 3. The Hall–Kier alpha value is -5.19. The Kier molecular flexibility index (Phi) is 17.3. The molecule has 1 saturated carbocycles. The first-order chi connectivity index (χ1) is 35.5. The third-order valence-corrected chi connectivity index (χ3v) is 17.6. The van der Waals surface area contributed by atoms with Crippen LogP contribution in [0.2, 0.25) is 5.02 Å². The van der Waals surface area contributed by atoms with Gasteiger partial charge in [-0.25, -0.2) is 9.97 Å². The number of nitrogens with one attached hydrogen (secondary N) is 3. The summed E-state index contributed by atoms with van der Waals surface area (Å²) in [6.45, 7) is 24.6. The molecule has 0 bridgehead atoms. The fraction of sp³-hybridized carbons (Fsp3) is 0.579. The molecule has 3 saturated heterocycles. The quantitative estimate of drug-likeness (QED) is 0.0723. The summed E-state index contributed by atoms with van der Waals surface area (Å²) < 4.78 is 6.40. The first kappa shape index (κ1) is 56.0. The molecule has 0 spiro atoms. The number of aliphatic hydroxyl groups is 2. The molecule has 3 amide bonds. The van der Waals surface area contributed by atoms with Crippen LogP contribution < -0.4 is 25.6 Å². The van der Waals surface area contributed by atoms with Crippen LogP contribution in [0.5, 0.6) is 5.75 Å². The van der Waals surface area contributed by atoms with Crippen molar-refractivity contribution in [1.29, 1.82) is 5.26 Å². The summed E-state index contributed by atoms with van der Waals surface area (Å²) >= 11 is 7.87. The van der Waals surface area contributed by atoms with E-state index in [-0.39, 0.29) is 66.2 Å². The number of likely N-dealkylation sites (tertiary alicyclic amines) is 1. The number of aromatic nitrogens is 2. The number of carbonyl (C=O) groups is 3. The number of carbonyl (C=O) groups excluding carboxylic acids is 3. The van der Waals surface area contributed by atoms with Crippen molar-refractivity contribution in [2.45, 2.75) is 131 Å². The lowest BCUT2D eigenvalue weighted by atomic mass is 9.49. The van der Waals surface area contributed by atoms with Gasteiger partial charge in [0.1, 0.15) is 30.0 Å². The number of nitriles is 1. The topological polar surface area (TPSA) is 200 Å². The van der Waals surface area contributed by atoms with Crippen LogP contribution in [0.3, 0.4) is 0 Å². The van der Waals surface area contributed by atoms with Crippen molar-refractivity contribution in [3.05, 3.63) is 93.7 Å². The summed E-state index contributed by atoms with van der Waals surface area (Å²) in [6, 6.07) is 17.1. The van der Waals surface area contributed by atoms with E-state index in [2.05, 4.69) is 69.4 Å². The van der Waals surface area contributed by atoms with E-state index in [0.29, 0.717) is 27.8 Å². The number of anilines is 1. The number of benzene rings is 2.